The van der Waals surface area contributed by atoms with Gasteiger partial charge in [0.1, 0.15) is 0 Å². The Morgan fingerprint density at radius 1 is 1.00 bits per heavy atom. The molecular weight excluding hydrogens is 364 g/mol. The summed E-state index contributed by atoms with van der Waals surface area (Å²) in [6, 6.07) is 10.8. The van der Waals surface area contributed by atoms with Crippen molar-refractivity contribution in [2.24, 2.45) is 40.4 Å². The van der Waals surface area contributed by atoms with Crippen molar-refractivity contribution in [3.63, 3.8) is 0 Å². The van der Waals surface area contributed by atoms with Gasteiger partial charge in [0.05, 0.1) is 6.10 Å². The number of hydrogen-bond acceptors (Lipinski definition) is 1. The smallest absolute Gasteiger partial charge is 0.0577 e. The molecule has 0 radical (unpaired) electrons. The van der Waals surface area contributed by atoms with Gasteiger partial charge in [-0.25, -0.2) is 0 Å². The molecule has 4 aliphatic carbocycles. The van der Waals surface area contributed by atoms with Crippen LogP contribution in [-0.4, -0.2) is 11.2 Å². The Morgan fingerprint density at radius 2 is 1.80 bits per heavy atom. The quantitative estimate of drug-likeness (QED) is 0.525. The van der Waals surface area contributed by atoms with Gasteiger partial charge in [-0.1, -0.05) is 74.9 Å². The number of rotatable bonds is 3. The van der Waals surface area contributed by atoms with Gasteiger partial charge in [-0.2, -0.15) is 0 Å². The number of hydrogen-bond donors (Lipinski definition) is 1. The highest BCUT2D eigenvalue weighted by Gasteiger charge is 2.58. The lowest BCUT2D eigenvalue weighted by Gasteiger charge is -2.58. The maximum atomic E-state index is 10.2. The van der Waals surface area contributed by atoms with Gasteiger partial charge in [-0.15, -0.1) is 0 Å². The summed E-state index contributed by atoms with van der Waals surface area (Å²) < 4.78 is 0. The van der Waals surface area contributed by atoms with Crippen LogP contribution in [0.25, 0.3) is 6.08 Å². The van der Waals surface area contributed by atoms with Gasteiger partial charge in [0.2, 0.25) is 0 Å². The maximum absolute atomic E-state index is 10.2. The molecule has 8 atom stereocenters. The molecule has 1 nitrogen and oxygen atoms in total. The second-order valence-electron chi connectivity index (χ2n) is 11.5. The SMILES string of the molecule is C[C@H](/C=C/c1ccccc1)[C@H]1CC[C@H]2[C@@H]3CC=C4C[C@@H](O)CC[C@]4(C)[C@H]3CC[C@]12C. The molecule has 0 heterocycles. The minimum absolute atomic E-state index is 0.0946. The molecule has 3 fully saturated rings. The van der Waals surface area contributed by atoms with Gasteiger partial charge >= 0.3 is 0 Å². The monoisotopic (exact) mass is 404 g/mol. The number of aliphatic hydroxyl groups excluding tert-OH is 1. The van der Waals surface area contributed by atoms with E-state index in [1.165, 1.54) is 44.1 Å². The summed E-state index contributed by atoms with van der Waals surface area (Å²) in [5.74, 6) is 4.05. The molecule has 30 heavy (non-hydrogen) atoms. The summed E-state index contributed by atoms with van der Waals surface area (Å²) >= 11 is 0. The number of benzene rings is 1. The van der Waals surface area contributed by atoms with Crippen molar-refractivity contribution < 1.29 is 5.11 Å². The fourth-order valence-electron chi connectivity index (χ4n) is 8.51. The number of aliphatic hydroxyl groups is 1. The van der Waals surface area contributed by atoms with Crippen molar-refractivity contribution >= 4 is 6.08 Å². The lowest BCUT2D eigenvalue weighted by atomic mass is 9.47. The third-order valence-electron chi connectivity index (χ3n) is 10.2. The lowest BCUT2D eigenvalue weighted by Crippen LogP contribution is -2.50. The molecule has 4 aliphatic rings. The zero-order chi connectivity index (χ0) is 20.9. The van der Waals surface area contributed by atoms with Crippen LogP contribution in [0.1, 0.15) is 77.7 Å². The molecule has 0 aromatic heterocycles. The molecule has 3 saturated carbocycles. The van der Waals surface area contributed by atoms with Crippen LogP contribution in [0.15, 0.2) is 48.1 Å². The lowest BCUT2D eigenvalue weighted by molar-refractivity contribution is -0.0540. The van der Waals surface area contributed by atoms with Crippen LogP contribution in [0, 0.1) is 40.4 Å². The highest BCUT2D eigenvalue weighted by atomic mass is 16.3. The first-order valence-corrected chi connectivity index (χ1v) is 12.5. The average molecular weight is 405 g/mol. The molecule has 162 valence electrons. The van der Waals surface area contributed by atoms with Crippen LogP contribution in [-0.2, 0) is 0 Å². The molecular formula is C29H40O. The molecule has 0 spiro atoms. The Balaban J connectivity index is 1.36. The van der Waals surface area contributed by atoms with E-state index >= 15 is 0 Å². The summed E-state index contributed by atoms with van der Waals surface area (Å²) in [7, 11) is 0. The van der Waals surface area contributed by atoms with E-state index in [0.717, 1.165) is 36.5 Å². The predicted molar refractivity (Wildman–Crippen MR) is 126 cm³/mol. The Kier molecular flexibility index (Phi) is 5.25. The van der Waals surface area contributed by atoms with E-state index in [1.807, 2.05) is 0 Å². The summed E-state index contributed by atoms with van der Waals surface area (Å²) in [6.45, 7) is 7.65. The van der Waals surface area contributed by atoms with Crippen molar-refractivity contribution in [2.45, 2.75) is 78.2 Å². The first kappa shape index (κ1) is 20.6. The van der Waals surface area contributed by atoms with Crippen LogP contribution < -0.4 is 0 Å². The zero-order valence-electron chi connectivity index (χ0n) is 19.2. The summed E-state index contributed by atoms with van der Waals surface area (Å²) in [6.07, 6.45) is 17.3. The van der Waals surface area contributed by atoms with E-state index in [-0.39, 0.29) is 6.10 Å². The molecule has 0 saturated heterocycles. The van der Waals surface area contributed by atoms with Crippen LogP contribution >= 0.6 is 0 Å². The molecule has 0 amide bonds. The van der Waals surface area contributed by atoms with Crippen molar-refractivity contribution in [1.29, 1.82) is 0 Å². The van der Waals surface area contributed by atoms with Crippen LogP contribution in [0.3, 0.4) is 0 Å². The molecule has 5 rings (SSSR count). The van der Waals surface area contributed by atoms with Gasteiger partial charge in [0.15, 0.2) is 0 Å². The minimum Gasteiger partial charge on any atom is -0.393 e. The van der Waals surface area contributed by atoms with Gasteiger partial charge in [-0.05, 0) is 97.3 Å². The fraction of sp³-hybridized carbons (Fsp3) is 0.655. The van der Waals surface area contributed by atoms with Crippen molar-refractivity contribution in [3.8, 4) is 0 Å². The summed E-state index contributed by atoms with van der Waals surface area (Å²) in [4.78, 5) is 0. The van der Waals surface area contributed by atoms with E-state index in [4.69, 9.17) is 0 Å². The van der Waals surface area contributed by atoms with E-state index < -0.39 is 0 Å². The molecule has 0 aliphatic heterocycles. The Hall–Kier alpha value is -1.34. The van der Waals surface area contributed by atoms with Gasteiger partial charge in [0, 0.05) is 0 Å². The second-order valence-corrected chi connectivity index (χ2v) is 11.5. The van der Waals surface area contributed by atoms with E-state index in [1.54, 1.807) is 5.57 Å². The van der Waals surface area contributed by atoms with Crippen molar-refractivity contribution in [2.75, 3.05) is 0 Å². The fourth-order valence-corrected chi connectivity index (χ4v) is 8.51. The van der Waals surface area contributed by atoms with Crippen LogP contribution in [0.2, 0.25) is 0 Å². The normalized spacial score (nSPS) is 44.1. The van der Waals surface area contributed by atoms with Crippen LogP contribution in [0.5, 0.6) is 0 Å². The first-order chi connectivity index (χ1) is 14.4. The topological polar surface area (TPSA) is 20.2 Å². The van der Waals surface area contributed by atoms with E-state index in [2.05, 4.69) is 69.3 Å². The predicted octanol–water partition coefficient (Wildman–Crippen LogP) is 7.28. The molecule has 0 unspecified atom stereocenters. The first-order valence-electron chi connectivity index (χ1n) is 12.5. The maximum Gasteiger partial charge on any atom is 0.0577 e. The Morgan fingerprint density at radius 3 is 2.60 bits per heavy atom. The highest BCUT2D eigenvalue weighted by Crippen LogP contribution is 2.67. The van der Waals surface area contributed by atoms with Gasteiger partial charge < -0.3 is 5.11 Å². The van der Waals surface area contributed by atoms with Crippen LogP contribution in [0.4, 0.5) is 0 Å². The van der Waals surface area contributed by atoms with Gasteiger partial charge in [0.25, 0.3) is 0 Å². The van der Waals surface area contributed by atoms with Crippen molar-refractivity contribution in [1.82, 2.24) is 0 Å². The molecule has 1 aromatic rings. The van der Waals surface area contributed by atoms with Crippen molar-refractivity contribution in [3.05, 3.63) is 53.6 Å². The van der Waals surface area contributed by atoms with E-state index in [9.17, 15) is 5.11 Å². The zero-order valence-corrected chi connectivity index (χ0v) is 19.2. The summed E-state index contributed by atoms with van der Waals surface area (Å²) in [5, 5.41) is 10.2. The van der Waals surface area contributed by atoms with Gasteiger partial charge in [-0.3, -0.25) is 0 Å². The molecule has 1 N–H and O–H groups in total. The molecule has 0 bridgehead atoms. The molecule has 1 heteroatoms. The second kappa shape index (κ2) is 7.66. The number of allylic oxidation sites excluding steroid dienone is 2. The highest BCUT2D eigenvalue weighted by molar-refractivity contribution is 5.49. The largest absolute Gasteiger partial charge is 0.393 e. The third kappa shape index (κ3) is 3.24. The molecule has 1 aromatic carbocycles. The summed E-state index contributed by atoms with van der Waals surface area (Å²) in [5.41, 5.74) is 3.78. The number of fused-ring (bicyclic) bond motifs is 5. The van der Waals surface area contributed by atoms with E-state index in [0.29, 0.717) is 16.7 Å². The minimum atomic E-state index is -0.0946. The average Bonchev–Trinajstić information content (AvgIpc) is 3.10. The Labute approximate surface area is 183 Å². The Bertz CT molecular complexity index is 822. The third-order valence-corrected chi connectivity index (χ3v) is 10.2. The standard InChI is InChI=1S/C29H40O/c1-20(9-10-21-7-5-4-6-8-21)25-13-14-26-24-12-11-22-19-23(30)15-17-28(22,2)27(24)16-18-29(25,26)3/h4-11,20,23-27,30H,12-19H2,1-3H3/b10-9+/t20-,23+,24+,25-,26+,27+,28+,29-/m1/s1.